The van der Waals surface area contributed by atoms with Gasteiger partial charge in [0, 0.05) is 12.6 Å². The minimum absolute atomic E-state index is 0.117. The van der Waals surface area contributed by atoms with Gasteiger partial charge in [-0.05, 0) is 12.8 Å². The Labute approximate surface area is 81.5 Å². The molecule has 0 aromatic heterocycles. The summed E-state index contributed by atoms with van der Waals surface area (Å²) in [5.41, 5.74) is 0. The highest BCUT2D eigenvalue weighted by Gasteiger charge is 2.02. The van der Waals surface area contributed by atoms with Gasteiger partial charge < -0.3 is 15.2 Å². The molecule has 0 aliphatic rings. The van der Waals surface area contributed by atoms with E-state index in [1.165, 1.54) is 19.3 Å². The van der Waals surface area contributed by atoms with Crippen molar-refractivity contribution in [3.63, 3.8) is 0 Å². The van der Waals surface area contributed by atoms with E-state index in [2.05, 4.69) is 19.2 Å². The lowest BCUT2D eigenvalue weighted by Gasteiger charge is -2.15. The van der Waals surface area contributed by atoms with Crippen LogP contribution in [-0.4, -0.2) is 37.5 Å². The van der Waals surface area contributed by atoms with E-state index in [1.54, 1.807) is 0 Å². The number of hydrogen-bond donors (Lipinski definition) is 2. The van der Waals surface area contributed by atoms with Gasteiger partial charge in [-0.1, -0.05) is 20.3 Å². The van der Waals surface area contributed by atoms with Gasteiger partial charge in [0.05, 0.1) is 19.8 Å². The molecule has 80 valence electrons. The summed E-state index contributed by atoms with van der Waals surface area (Å²) in [7, 11) is 0. The molecule has 2 N–H and O–H groups in total. The zero-order valence-electron chi connectivity index (χ0n) is 8.88. The van der Waals surface area contributed by atoms with Crippen molar-refractivity contribution in [2.24, 2.45) is 0 Å². The molecule has 0 aromatic carbocycles. The van der Waals surface area contributed by atoms with E-state index in [0.29, 0.717) is 19.3 Å². The summed E-state index contributed by atoms with van der Waals surface area (Å²) in [5.74, 6) is 0. The van der Waals surface area contributed by atoms with Crippen LogP contribution in [0.3, 0.4) is 0 Å². The average molecular weight is 189 g/mol. The van der Waals surface area contributed by atoms with Gasteiger partial charge in [0.1, 0.15) is 0 Å². The number of rotatable bonds is 9. The number of aliphatic hydroxyl groups excluding tert-OH is 1. The van der Waals surface area contributed by atoms with Crippen LogP contribution in [0.25, 0.3) is 0 Å². The van der Waals surface area contributed by atoms with Crippen molar-refractivity contribution in [1.29, 1.82) is 0 Å². The molecular weight excluding hydrogens is 166 g/mol. The Morgan fingerprint density at radius 2 is 2.08 bits per heavy atom. The molecule has 0 saturated carbocycles. The molecule has 3 heteroatoms. The summed E-state index contributed by atoms with van der Waals surface area (Å²) < 4.78 is 5.14. The molecule has 3 nitrogen and oxygen atoms in total. The molecule has 0 aliphatic carbocycles. The molecule has 0 aromatic rings. The Bertz CT molecular complexity index is 98.9. The zero-order chi connectivity index (χ0) is 9.94. The van der Waals surface area contributed by atoms with E-state index in [0.717, 1.165) is 6.54 Å². The van der Waals surface area contributed by atoms with Crippen molar-refractivity contribution < 1.29 is 9.84 Å². The van der Waals surface area contributed by atoms with E-state index in [4.69, 9.17) is 9.84 Å². The van der Waals surface area contributed by atoms with Crippen LogP contribution in [0, 0.1) is 0 Å². The summed E-state index contributed by atoms with van der Waals surface area (Å²) in [6.07, 6.45) is 3.63. The van der Waals surface area contributed by atoms with E-state index in [1.807, 2.05) is 0 Å². The Morgan fingerprint density at radius 3 is 2.62 bits per heavy atom. The second kappa shape index (κ2) is 9.96. The van der Waals surface area contributed by atoms with Crippen molar-refractivity contribution in [3.05, 3.63) is 0 Å². The van der Waals surface area contributed by atoms with Crippen molar-refractivity contribution >= 4 is 0 Å². The highest BCUT2D eigenvalue weighted by atomic mass is 16.5. The molecule has 0 heterocycles. The quantitative estimate of drug-likeness (QED) is 0.535. The molecule has 0 fully saturated rings. The highest BCUT2D eigenvalue weighted by Crippen LogP contribution is 1.99. The van der Waals surface area contributed by atoms with Crippen LogP contribution in [0.2, 0.25) is 0 Å². The van der Waals surface area contributed by atoms with Gasteiger partial charge in [0.15, 0.2) is 0 Å². The monoisotopic (exact) mass is 189 g/mol. The first-order chi connectivity index (χ1) is 6.35. The second-order valence-electron chi connectivity index (χ2n) is 3.18. The van der Waals surface area contributed by atoms with Crippen molar-refractivity contribution in [3.8, 4) is 0 Å². The van der Waals surface area contributed by atoms with E-state index in [-0.39, 0.29) is 6.61 Å². The summed E-state index contributed by atoms with van der Waals surface area (Å²) >= 11 is 0. The van der Waals surface area contributed by atoms with Gasteiger partial charge in [-0.25, -0.2) is 0 Å². The third-order valence-electron chi connectivity index (χ3n) is 2.04. The molecule has 0 spiro atoms. The molecule has 0 radical (unpaired) electrons. The van der Waals surface area contributed by atoms with Gasteiger partial charge in [-0.2, -0.15) is 0 Å². The largest absolute Gasteiger partial charge is 0.394 e. The molecule has 0 rings (SSSR count). The minimum Gasteiger partial charge on any atom is -0.394 e. The Kier molecular flexibility index (Phi) is 9.87. The summed E-state index contributed by atoms with van der Waals surface area (Å²) in [4.78, 5) is 0. The normalized spacial score (nSPS) is 13.2. The standard InChI is InChI=1S/C10H23NO2/c1-3-5-10(4-2)11-6-8-13-9-7-12/h10-12H,3-9H2,1-2H3. The maximum atomic E-state index is 8.46. The topological polar surface area (TPSA) is 41.5 Å². The summed E-state index contributed by atoms with van der Waals surface area (Å²) in [6, 6.07) is 0.628. The summed E-state index contributed by atoms with van der Waals surface area (Å²) in [5, 5.41) is 11.9. The number of ether oxygens (including phenoxy) is 1. The van der Waals surface area contributed by atoms with E-state index < -0.39 is 0 Å². The maximum Gasteiger partial charge on any atom is 0.0698 e. The van der Waals surface area contributed by atoms with Crippen LogP contribution in [0.4, 0.5) is 0 Å². The average Bonchev–Trinajstić information content (AvgIpc) is 2.16. The fraction of sp³-hybridized carbons (Fsp3) is 1.00. The zero-order valence-corrected chi connectivity index (χ0v) is 8.88. The van der Waals surface area contributed by atoms with Crippen LogP contribution < -0.4 is 5.32 Å². The fourth-order valence-corrected chi connectivity index (χ4v) is 1.30. The molecule has 1 atom stereocenters. The molecule has 0 aliphatic heterocycles. The molecule has 0 bridgehead atoms. The first-order valence-corrected chi connectivity index (χ1v) is 5.27. The van der Waals surface area contributed by atoms with Gasteiger partial charge in [0.25, 0.3) is 0 Å². The lowest BCUT2D eigenvalue weighted by molar-refractivity contribution is 0.0923. The highest BCUT2D eigenvalue weighted by molar-refractivity contribution is 4.63. The predicted molar refractivity (Wildman–Crippen MR) is 54.9 cm³/mol. The summed E-state index contributed by atoms with van der Waals surface area (Å²) in [6.45, 7) is 6.55. The van der Waals surface area contributed by atoms with Crippen molar-refractivity contribution in [2.45, 2.75) is 39.2 Å². The third kappa shape index (κ3) is 8.22. The lowest BCUT2D eigenvalue weighted by Crippen LogP contribution is -2.31. The van der Waals surface area contributed by atoms with Crippen molar-refractivity contribution in [1.82, 2.24) is 5.32 Å². The van der Waals surface area contributed by atoms with Crippen LogP contribution in [0.15, 0.2) is 0 Å². The van der Waals surface area contributed by atoms with Crippen LogP contribution in [0.5, 0.6) is 0 Å². The van der Waals surface area contributed by atoms with E-state index >= 15 is 0 Å². The minimum atomic E-state index is 0.117. The van der Waals surface area contributed by atoms with Crippen LogP contribution in [0.1, 0.15) is 33.1 Å². The third-order valence-corrected chi connectivity index (χ3v) is 2.04. The van der Waals surface area contributed by atoms with Gasteiger partial charge in [-0.3, -0.25) is 0 Å². The van der Waals surface area contributed by atoms with Gasteiger partial charge in [0.2, 0.25) is 0 Å². The molecule has 1 unspecified atom stereocenters. The number of nitrogens with one attached hydrogen (secondary N) is 1. The maximum absolute atomic E-state index is 8.46. The molecule has 13 heavy (non-hydrogen) atoms. The predicted octanol–water partition coefficient (Wildman–Crippen LogP) is 1.16. The van der Waals surface area contributed by atoms with E-state index in [9.17, 15) is 0 Å². The molecule has 0 saturated heterocycles. The van der Waals surface area contributed by atoms with Crippen LogP contribution in [-0.2, 0) is 4.74 Å². The first-order valence-electron chi connectivity index (χ1n) is 5.27. The lowest BCUT2D eigenvalue weighted by atomic mass is 10.1. The second-order valence-corrected chi connectivity index (χ2v) is 3.18. The Balaban J connectivity index is 3.17. The molecule has 0 amide bonds. The SMILES string of the molecule is CCCC(CC)NCCOCCO. The van der Waals surface area contributed by atoms with Crippen molar-refractivity contribution in [2.75, 3.05) is 26.4 Å². The Hall–Kier alpha value is -0.120. The van der Waals surface area contributed by atoms with Gasteiger partial charge in [-0.15, -0.1) is 0 Å². The molecular formula is C10H23NO2. The smallest absolute Gasteiger partial charge is 0.0698 e. The number of aliphatic hydroxyl groups is 1. The fourth-order valence-electron chi connectivity index (χ4n) is 1.30. The Morgan fingerprint density at radius 1 is 1.31 bits per heavy atom. The first kappa shape index (κ1) is 12.9. The van der Waals surface area contributed by atoms with Gasteiger partial charge >= 0.3 is 0 Å². The number of hydrogen-bond acceptors (Lipinski definition) is 3. The van der Waals surface area contributed by atoms with Crippen LogP contribution >= 0.6 is 0 Å².